The van der Waals surface area contributed by atoms with Crippen molar-refractivity contribution in [3.8, 4) is 0 Å². The first-order valence-electron chi connectivity index (χ1n) is 6.53. The van der Waals surface area contributed by atoms with Crippen LogP contribution in [0, 0.1) is 0 Å². The number of nitrogens with two attached hydrogens (primary N) is 1. The van der Waals surface area contributed by atoms with E-state index in [4.69, 9.17) is 5.73 Å². The molecule has 1 unspecified atom stereocenters. The molecular weight excluding hydrogens is 254 g/mol. The molecule has 0 bridgehead atoms. The van der Waals surface area contributed by atoms with Crippen molar-refractivity contribution in [1.29, 1.82) is 0 Å². The summed E-state index contributed by atoms with van der Waals surface area (Å²) in [6, 6.07) is 10.4. The Kier molecular flexibility index (Phi) is 5.05. The highest BCUT2D eigenvalue weighted by Gasteiger charge is 2.13. The van der Waals surface area contributed by atoms with Gasteiger partial charge in [-0.05, 0) is 18.2 Å². The molecule has 0 fully saturated rings. The number of hydrogen-bond donors (Lipinski definition) is 1. The fraction of sp³-hybridized carbons (Fsp3) is 0.400. The van der Waals surface area contributed by atoms with Gasteiger partial charge in [0, 0.05) is 18.0 Å². The van der Waals surface area contributed by atoms with Gasteiger partial charge in [0.1, 0.15) is 0 Å². The molecule has 1 heterocycles. The minimum absolute atomic E-state index is 0.000967. The van der Waals surface area contributed by atoms with Crippen LogP contribution in [0.3, 0.4) is 0 Å². The third kappa shape index (κ3) is 3.85. The topological polar surface area (TPSA) is 43.8 Å². The Labute approximate surface area is 119 Å². The van der Waals surface area contributed by atoms with E-state index in [1.807, 2.05) is 30.4 Å². The summed E-state index contributed by atoms with van der Waals surface area (Å²) in [5.74, 6) is 0. The summed E-state index contributed by atoms with van der Waals surface area (Å²) in [5.41, 5.74) is 8.70. The zero-order valence-electron chi connectivity index (χ0n) is 11.5. The molecule has 0 saturated carbocycles. The highest BCUT2D eigenvalue weighted by Crippen LogP contribution is 2.18. The molecule has 2 N–H and O–H groups in total. The van der Waals surface area contributed by atoms with Crippen LogP contribution in [0.15, 0.2) is 42.9 Å². The van der Waals surface area contributed by atoms with Crippen LogP contribution >= 0.6 is 11.8 Å². The van der Waals surface area contributed by atoms with Crippen LogP contribution in [-0.2, 0) is 13.0 Å². The van der Waals surface area contributed by atoms with E-state index < -0.39 is 0 Å². The number of thioether (sulfide) groups is 1. The largest absolute Gasteiger partial charge is 0.332 e. The maximum absolute atomic E-state index is 6.32. The lowest BCUT2D eigenvalue weighted by atomic mass is 10.0. The van der Waals surface area contributed by atoms with E-state index in [9.17, 15) is 0 Å². The van der Waals surface area contributed by atoms with E-state index in [2.05, 4.69) is 47.0 Å². The molecule has 0 aliphatic rings. The van der Waals surface area contributed by atoms with E-state index in [1.54, 1.807) is 0 Å². The Morgan fingerprint density at radius 3 is 2.74 bits per heavy atom. The molecule has 0 radical (unpaired) electrons. The Hall–Kier alpha value is -1.26. The highest BCUT2D eigenvalue weighted by molar-refractivity contribution is 7.99. The van der Waals surface area contributed by atoms with Crippen molar-refractivity contribution >= 4 is 11.8 Å². The smallest absolute Gasteiger partial charge is 0.0949 e. The van der Waals surface area contributed by atoms with Gasteiger partial charge in [0.25, 0.3) is 0 Å². The summed E-state index contributed by atoms with van der Waals surface area (Å²) in [6.07, 6.45) is 6.75. The van der Waals surface area contributed by atoms with Crippen molar-refractivity contribution in [2.24, 2.45) is 5.73 Å². The Morgan fingerprint density at radius 2 is 2.05 bits per heavy atom. The van der Waals surface area contributed by atoms with Gasteiger partial charge in [0.15, 0.2) is 0 Å². The number of benzene rings is 1. The quantitative estimate of drug-likeness (QED) is 0.881. The van der Waals surface area contributed by atoms with E-state index >= 15 is 0 Å². The van der Waals surface area contributed by atoms with Gasteiger partial charge in [-0.15, -0.1) is 0 Å². The minimum Gasteiger partial charge on any atom is -0.332 e. The number of nitrogens with zero attached hydrogens (tertiary/aromatic N) is 2. The van der Waals surface area contributed by atoms with Crippen LogP contribution in [0.4, 0.5) is 0 Å². The van der Waals surface area contributed by atoms with E-state index in [-0.39, 0.29) is 6.04 Å². The lowest BCUT2D eigenvalue weighted by Crippen LogP contribution is -2.20. The molecule has 0 saturated heterocycles. The van der Waals surface area contributed by atoms with Crippen LogP contribution in [0.1, 0.15) is 24.2 Å². The molecule has 19 heavy (non-hydrogen) atoms. The van der Waals surface area contributed by atoms with Gasteiger partial charge in [-0.25, -0.2) is 4.98 Å². The molecule has 102 valence electrons. The highest BCUT2D eigenvalue weighted by atomic mass is 32.2. The summed E-state index contributed by atoms with van der Waals surface area (Å²) in [6.45, 7) is 3.18. The summed E-state index contributed by atoms with van der Waals surface area (Å²) in [4.78, 5) is 4.25. The van der Waals surface area contributed by atoms with Gasteiger partial charge < -0.3 is 10.3 Å². The maximum atomic E-state index is 6.32. The van der Waals surface area contributed by atoms with Crippen molar-refractivity contribution in [1.82, 2.24) is 9.55 Å². The second-order valence-electron chi connectivity index (χ2n) is 4.81. The fourth-order valence-electron chi connectivity index (χ4n) is 2.12. The van der Waals surface area contributed by atoms with Crippen LogP contribution in [-0.4, -0.2) is 21.1 Å². The second kappa shape index (κ2) is 6.78. The molecule has 0 spiro atoms. The molecule has 1 aromatic carbocycles. The SMILES string of the molecule is CSC(C)Cn1cncc1[C@H](N)Cc1ccccc1. The normalized spacial score (nSPS) is 14.3. The van der Waals surface area contributed by atoms with Gasteiger partial charge in [0.2, 0.25) is 0 Å². The lowest BCUT2D eigenvalue weighted by Gasteiger charge is -2.17. The zero-order chi connectivity index (χ0) is 13.7. The predicted molar refractivity (Wildman–Crippen MR) is 82.3 cm³/mol. The average Bonchev–Trinajstić information content (AvgIpc) is 2.88. The van der Waals surface area contributed by atoms with Crippen LogP contribution in [0.5, 0.6) is 0 Å². The van der Waals surface area contributed by atoms with Gasteiger partial charge in [-0.2, -0.15) is 11.8 Å². The molecule has 0 aliphatic heterocycles. The van der Waals surface area contributed by atoms with Crippen molar-refractivity contribution in [2.45, 2.75) is 31.2 Å². The van der Waals surface area contributed by atoms with E-state index in [1.165, 1.54) is 5.56 Å². The fourth-order valence-corrected chi connectivity index (χ4v) is 2.43. The standard InChI is InChI=1S/C15H21N3S/c1-12(19-2)10-18-11-17-9-15(18)14(16)8-13-6-4-3-5-7-13/h3-7,9,11-12,14H,8,10,16H2,1-2H3/t12?,14-/m1/s1. The summed E-state index contributed by atoms with van der Waals surface area (Å²) >= 11 is 1.86. The first-order valence-corrected chi connectivity index (χ1v) is 7.82. The van der Waals surface area contributed by atoms with E-state index in [0.29, 0.717) is 5.25 Å². The zero-order valence-corrected chi connectivity index (χ0v) is 12.3. The molecule has 1 aromatic heterocycles. The molecular formula is C15H21N3S. The van der Waals surface area contributed by atoms with Gasteiger partial charge in [0.05, 0.1) is 18.1 Å². The van der Waals surface area contributed by atoms with Crippen LogP contribution in [0.2, 0.25) is 0 Å². The Balaban J connectivity index is 2.07. The number of rotatable bonds is 6. The third-order valence-electron chi connectivity index (χ3n) is 3.28. The van der Waals surface area contributed by atoms with Crippen molar-refractivity contribution in [3.05, 3.63) is 54.1 Å². The second-order valence-corrected chi connectivity index (χ2v) is 6.09. The van der Waals surface area contributed by atoms with Gasteiger partial charge in [-0.1, -0.05) is 37.3 Å². The Morgan fingerprint density at radius 1 is 1.32 bits per heavy atom. The predicted octanol–water partition coefficient (Wildman–Crippen LogP) is 2.88. The van der Waals surface area contributed by atoms with Crippen LogP contribution < -0.4 is 5.73 Å². The molecule has 2 rings (SSSR count). The first-order chi connectivity index (χ1) is 9.20. The third-order valence-corrected chi connectivity index (χ3v) is 4.23. The van der Waals surface area contributed by atoms with Gasteiger partial charge >= 0.3 is 0 Å². The monoisotopic (exact) mass is 275 g/mol. The van der Waals surface area contributed by atoms with E-state index in [0.717, 1.165) is 18.7 Å². The van der Waals surface area contributed by atoms with Crippen molar-refractivity contribution in [3.63, 3.8) is 0 Å². The van der Waals surface area contributed by atoms with Crippen LogP contribution in [0.25, 0.3) is 0 Å². The molecule has 0 aliphatic carbocycles. The number of imidazole rings is 1. The number of aromatic nitrogens is 2. The molecule has 0 amide bonds. The minimum atomic E-state index is -0.000967. The average molecular weight is 275 g/mol. The first kappa shape index (κ1) is 14.2. The molecule has 3 nitrogen and oxygen atoms in total. The maximum Gasteiger partial charge on any atom is 0.0949 e. The van der Waals surface area contributed by atoms with Crippen molar-refractivity contribution < 1.29 is 0 Å². The Bertz CT molecular complexity index is 495. The summed E-state index contributed by atoms with van der Waals surface area (Å²) in [7, 11) is 0. The lowest BCUT2D eigenvalue weighted by molar-refractivity contribution is 0.596. The van der Waals surface area contributed by atoms with Gasteiger partial charge in [-0.3, -0.25) is 0 Å². The molecule has 4 heteroatoms. The molecule has 2 aromatic rings. The summed E-state index contributed by atoms with van der Waals surface area (Å²) < 4.78 is 2.18. The molecule has 2 atom stereocenters. The number of hydrogen-bond acceptors (Lipinski definition) is 3. The summed E-state index contributed by atoms with van der Waals surface area (Å²) in [5, 5.41) is 0.567. The van der Waals surface area contributed by atoms with Crippen molar-refractivity contribution in [2.75, 3.05) is 6.26 Å².